The molecule has 33 heavy (non-hydrogen) atoms. The first-order valence-corrected chi connectivity index (χ1v) is 12.0. The van der Waals surface area contributed by atoms with E-state index in [0.717, 1.165) is 0 Å². The van der Waals surface area contributed by atoms with Gasteiger partial charge in [0.2, 0.25) is 23.6 Å². The highest BCUT2D eigenvalue weighted by Gasteiger charge is 2.46. The lowest BCUT2D eigenvalue weighted by molar-refractivity contribution is -0.140. The molecule has 2 aromatic rings. The average molecular weight is 473 g/mol. The van der Waals surface area contributed by atoms with Crippen molar-refractivity contribution in [1.29, 1.82) is 0 Å². The van der Waals surface area contributed by atoms with Gasteiger partial charge in [0.1, 0.15) is 0 Å². The number of allylic oxidation sites excluding steroid dienone is 2. The number of hydrogen-bond donors (Lipinski definition) is 2. The van der Waals surface area contributed by atoms with Gasteiger partial charge >= 0.3 is 0 Å². The summed E-state index contributed by atoms with van der Waals surface area (Å²) in [5, 5.41) is 6.37. The number of aryl methyl sites for hydroxylation is 1. The second-order valence-corrected chi connectivity index (χ2v) is 9.82. The van der Waals surface area contributed by atoms with Crippen molar-refractivity contribution in [2.24, 2.45) is 11.8 Å². The smallest absolute Gasteiger partial charge is 0.264 e. The van der Waals surface area contributed by atoms with Crippen molar-refractivity contribution in [1.82, 2.24) is 10.1 Å². The van der Waals surface area contributed by atoms with E-state index in [1.54, 1.807) is 13.8 Å². The monoisotopic (exact) mass is 472 g/mol. The third kappa shape index (κ3) is 4.54. The van der Waals surface area contributed by atoms with Crippen LogP contribution in [0, 0.1) is 25.7 Å². The Morgan fingerprint density at radius 3 is 2.24 bits per heavy atom. The summed E-state index contributed by atoms with van der Waals surface area (Å²) in [6.45, 7) is 3.41. The fourth-order valence-corrected chi connectivity index (χ4v) is 4.98. The van der Waals surface area contributed by atoms with Crippen LogP contribution in [0.4, 0.5) is 11.6 Å². The maximum absolute atomic E-state index is 12.6. The van der Waals surface area contributed by atoms with E-state index in [2.05, 4.69) is 15.2 Å². The quantitative estimate of drug-likeness (QED) is 0.466. The van der Waals surface area contributed by atoms with E-state index in [1.165, 1.54) is 29.2 Å². The number of aromatic nitrogens is 1. The molecule has 10 nitrogen and oxygen atoms in total. The van der Waals surface area contributed by atoms with E-state index in [1.807, 2.05) is 12.2 Å². The summed E-state index contributed by atoms with van der Waals surface area (Å²) in [6.07, 6.45) is 4.89. The lowest BCUT2D eigenvalue weighted by atomic mass is 9.85. The van der Waals surface area contributed by atoms with Crippen molar-refractivity contribution < 1.29 is 27.3 Å². The van der Waals surface area contributed by atoms with Crippen molar-refractivity contribution in [2.75, 3.05) is 16.6 Å². The first kappa shape index (κ1) is 22.7. The molecule has 0 bridgehead atoms. The molecule has 0 spiro atoms. The van der Waals surface area contributed by atoms with E-state index >= 15 is 0 Å². The van der Waals surface area contributed by atoms with Gasteiger partial charge in [0.05, 0.1) is 22.4 Å². The molecular weight excluding hydrogens is 448 g/mol. The molecule has 1 aromatic carbocycles. The minimum atomic E-state index is -3.90. The van der Waals surface area contributed by atoms with Crippen molar-refractivity contribution >= 4 is 39.3 Å². The van der Waals surface area contributed by atoms with E-state index in [0.29, 0.717) is 29.8 Å². The summed E-state index contributed by atoms with van der Waals surface area (Å²) in [5.41, 5.74) is 1.56. The van der Waals surface area contributed by atoms with Crippen LogP contribution in [0.25, 0.3) is 0 Å². The first-order valence-electron chi connectivity index (χ1n) is 10.5. The van der Waals surface area contributed by atoms with Gasteiger partial charge in [0, 0.05) is 24.2 Å². The average Bonchev–Trinajstić information content (AvgIpc) is 3.23. The highest BCUT2D eigenvalue weighted by atomic mass is 32.2. The normalized spacial score (nSPS) is 20.1. The molecule has 174 valence electrons. The summed E-state index contributed by atoms with van der Waals surface area (Å²) >= 11 is 0. The zero-order chi connectivity index (χ0) is 23.8. The molecule has 1 aliphatic heterocycles. The maximum atomic E-state index is 12.6. The molecule has 11 heteroatoms. The maximum Gasteiger partial charge on any atom is 0.264 e. The molecular formula is C22H24N4O6S. The van der Waals surface area contributed by atoms with Crippen LogP contribution >= 0.6 is 0 Å². The molecule has 1 fully saturated rings. The number of carbonyl (C=O) groups is 3. The van der Waals surface area contributed by atoms with Crippen molar-refractivity contribution in [3.63, 3.8) is 0 Å². The predicted octanol–water partition coefficient (Wildman–Crippen LogP) is 2.37. The standard InChI is InChI=1S/C22H24N4O6S/c1-13-14(2)24-32-20(13)25-33(30,31)16-9-7-15(8-10-16)23-19(27)11-12-26-21(28)17-5-3-4-6-18(17)22(26)29/h3-4,7-10,17-18,25H,5-6,11-12H2,1-2H3,(H,23,27)/t17-,18+. The van der Waals surface area contributed by atoms with Crippen LogP contribution in [0.5, 0.6) is 0 Å². The van der Waals surface area contributed by atoms with Crippen LogP contribution in [-0.2, 0) is 24.4 Å². The highest BCUT2D eigenvalue weighted by molar-refractivity contribution is 7.92. The van der Waals surface area contributed by atoms with Crippen molar-refractivity contribution in [2.45, 2.75) is 38.0 Å². The molecule has 4 rings (SSSR count). The molecule has 3 amide bonds. The Hall–Kier alpha value is -3.47. The fourth-order valence-electron chi connectivity index (χ4n) is 3.94. The number of hydrogen-bond acceptors (Lipinski definition) is 7. The molecule has 2 N–H and O–H groups in total. The number of imide groups is 1. The lowest BCUT2D eigenvalue weighted by Gasteiger charge is -2.14. The summed E-state index contributed by atoms with van der Waals surface area (Å²) < 4.78 is 32.4. The van der Waals surface area contributed by atoms with Gasteiger partial charge in [-0.2, -0.15) is 0 Å². The van der Waals surface area contributed by atoms with Crippen LogP contribution in [0.15, 0.2) is 45.8 Å². The topological polar surface area (TPSA) is 139 Å². The third-order valence-corrected chi connectivity index (χ3v) is 7.34. The minimum absolute atomic E-state index is 0.0153. The van der Waals surface area contributed by atoms with Crippen LogP contribution in [0.2, 0.25) is 0 Å². The van der Waals surface area contributed by atoms with Gasteiger partial charge in [-0.15, -0.1) is 0 Å². The molecule has 2 aliphatic rings. The van der Waals surface area contributed by atoms with Gasteiger partial charge < -0.3 is 9.84 Å². The van der Waals surface area contributed by atoms with Gasteiger partial charge in [-0.25, -0.2) is 13.1 Å². The number of carbonyl (C=O) groups excluding carboxylic acids is 3. The Balaban J connectivity index is 1.33. The van der Waals surface area contributed by atoms with E-state index in [4.69, 9.17) is 4.52 Å². The van der Waals surface area contributed by atoms with Gasteiger partial charge in [-0.1, -0.05) is 17.3 Å². The number of benzene rings is 1. The Labute approximate surface area is 191 Å². The Morgan fingerprint density at radius 2 is 1.70 bits per heavy atom. The fraction of sp³-hybridized carbons (Fsp3) is 0.364. The molecule has 1 aromatic heterocycles. The molecule has 2 heterocycles. The number of nitrogens with zero attached hydrogens (tertiary/aromatic N) is 2. The number of rotatable bonds is 7. The largest absolute Gasteiger partial charge is 0.337 e. The first-order chi connectivity index (χ1) is 15.7. The summed E-state index contributed by atoms with van der Waals surface area (Å²) in [5.74, 6) is -1.42. The number of fused-ring (bicyclic) bond motifs is 1. The van der Waals surface area contributed by atoms with Gasteiger partial charge in [-0.05, 0) is 51.0 Å². The van der Waals surface area contributed by atoms with Gasteiger partial charge in [0.15, 0.2) is 0 Å². The molecule has 0 saturated carbocycles. The summed E-state index contributed by atoms with van der Waals surface area (Å²) in [7, 11) is -3.90. The van der Waals surface area contributed by atoms with Gasteiger partial charge in [0.25, 0.3) is 10.0 Å². The Bertz CT molecular complexity index is 1210. The molecule has 0 unspecified atom stereocenters. The number of likely N-dealkylation sites (tertiary alicyclic amines) is 1. The van der Waals surface area contributed by atoms with Crippen molar-refractivity contribution in [3.05, 3.63) is 47.7 Å². The number of sulfonamides is 1. The zero-order valence-corrected chi connectivity index (χ0v) is 19.0. The van der Waals surface area contributed by atoms with E-state index in [-0.39, 0.29) is 53.3 Å². The SMILES string of the molecule is Cc1noc(NS(=O)(=O)c2ccc(NC(=O)CCN3C(=O)[C@H]4CC=CC[C@H]4C3=O)cc2)c1C. The third-order valence-electron chi connectivity index (χ3n) is 5.99. The Kier molecular flexibility index (Phi) is 6.07. The predicted molar refractivity (Wildman–Crippen MR) is 119 cm³/mol. The number of amides is 3. The molecule has 2 atom stereocenters. The summed E-state index contributed by atoms with van der Waals surface area (Å²) in [6, 6.07) is 5.61. The number of nitrogens with one attached hydrogen (secondary N) is 2. The molecule has 1 aliphatic carbocycles. The van der Waals surface area contributed by atoms with Crippen LogP contribution < -0.4 is 10.0 Å². The molecule has 1 saturated heterocycles. The van der Waals surface area contributed by atoms with E-state index < -0.39 is 10.0 Å². The highest BCUT2D eigenvalue weighted by Crippen LogP contribution is 2.35. The minimum Gasteiger partial charge on any atom is -0.337 e. The summed E-state index contributed by atoms with van der Waals surface area (Å²) in [4.78, 5) is 38.4. The second-order valence-electron chi connectivity index (χ2n) is 8.13. The van der Waals surface area contributed by atoms with Crippen LogP contribution in [0.3, 0.4) is 0 Å². The van der Waals surface area contributed by atoms with Gasteiger partial charge in [-0.3, -0.25) is 19.3 Å². The van der Waals surface area contributed by atoms with Crippen molar-refractivity contribution in [3.8, 4) is 0 Å². The van der Waals surface area contributed by atoms with Crippen LogP contribution in [-0.4, -0.2) is 42.7 Å². The molecule has 0 radical (unpaired) electrons. The van der Waals surface area contributed by atoms with Crippen LogP contribution in [0.1, 0.15) is 30.5 Å². The lowest BCUT2D eigenvalue weighted by Crippen LogP contribution is -2.34. The number of anilines is 2. The zero-order valence-electron chi connectivity index (χ0n) is 18.2. The Morgan fingerprint density at radius 1 is 1.09 bits per heavy atom. The van der Waals surface area contributed by atoms with E-state index in [9.17, 15) is 22.8 Å². The second kappa shape index (κ2) is 8.81.